The van der Waals surface area contributed by atoms with Crippen molar-refractivity contribution in [3.63, 3.8) is 0 Å². The Labute approximate surface area is 76.5 Å². The van der Waals surface area contributed by atoms with E-state index < -0.39 is 0 Å². The van der Waals surface area contributed by atoms with Gasteiger partial charge in [0, 0.05) is 21.9 Å². The number of hydrogen-bond acceptors (Lipinski definition) is 0. The van der Waals surface area contributed by atoms with Crippen molar-refractivity contribution >= 4 is 15.9 Å². The molecule has 0 aliphatic rings. The van der Waals surface area contributed by atoms with Gasteiger partial charge >= 0.3 is 0 Å². The van der Waals surface area contributed by atoms with Crippen LogP contribution in [0.2, 0.25) is 0 Å². The van der Waals surface area contributed by atoms with Gasteiger partial charge in [0.25, 0.3) is 0 Å². The van der Waals surface area contributed by atoms with Gasteiger partial charge in [0.15, 0.2) is 0 Å². The van der Waals surface area contributed by atoms with Gasteiger partial charge in [0.1, 0.15) is 0 Å². The van der Waals surface area contributed by atoms with Gasteiger partial charge in [-0.1, -0.05) is 0 Å². The monoisotopic (exact) mass is 215 g/mol. The zero-order chi connectivity index (χ0) is 8.65. The molecular weight excluding hydrogens is 202 g/mol. The highest BCUT2D eigenvalue weighted by Gasteiger charge is 2.14. The first-order valence-electron chi connectivity index (χ1n) is 3.76. The molecule has 0 aliphatic carbocycles. The largest absolute Gasteiger partial charge is 0.345 e. The fraction of sp³-hybridized carbons (Fsp3) is 0.556. The zero-order valence-corrected chi connectivity index (χ0v) is 9.07. The summed E-state index contributed by atoms with van der Waals surface area (Å²) in [5.74, 6) is 0. The Morgan fingerprint density at radius 3 is 2.09 bits per heavy atom. The van der Waals surface area contributed by atoms with Gasteiger partial charge in [0.2, 0.25) is 0 Å². The zero-order valence-electron chi connectivity index (χ0n) is 7.48. The highest BCUT2D eigenvalue weighted by Crippen LogP contribution is 2.22. The third kappa shape index (κ3) is 1.86. The van der Waals surface area contributed by atoms with Gasteiger partial charge in [0.05, 0.1) is 0 Å². The van der Waals surface area contributed by atoms with Crippen LogP contribution in [0.5, 0.6) is 0 Å². The van der Waals surface area contributed by atoms with E-state index in [1.54, 1.807) is 0 Å². The molecule has 1 heterocycles. The third-order valence-corrected chi connectivity index (χ3v) is 2.14. The Balaban J connectivity index is 3.13. The lowest BCUT2D eigenvalue weighted by Crippen LogP contribution is -2.21. The molecule has 0 saturated heterocycles. The topological polar surface area (TPSA) is 4.93 Å². The van der Waals surface area contributed by atoms with E-state index in [1.165, 1.54) is 5.69 Å². The summed E-state index contributed by atoms with van der Waals surface area (Å²) in [5.41, 5.74) is 1.49. The predicted molar refractivity (Wildman–Crippen MR) is 51.9 cm³/mol. The highest BCUT2D eigenvalue weighted by molar-refractivity contribution is 9.10. The molecule has 0 amide bonds. The summed E-state index contributed by atoms with van der Waals surface area (Å²) in [6.07, 6.45) is 2.12. The first kappa shape index (κ1) is 8.85. The Morgan fingerprint density at radius 2 is 1.91 bits per heavy atom. The maximum Gasteiger partial charge on any atom is 0.0358 e. The third-order valence-electron chi connectivity index (χ3n) is 1.70. The quantitative estimate of drug-likeness (QED) is 0.626. The second-order valence-corrected chi connectivity index (χ2v) is 4.76. The van der Waals surface area contributed by atoms with Crippen molar-refractivity contribution in [2.45, 2.75) is 33.2 Å². The van der Waals surface area contributed by atoms with E-state index in [-0.39, 0.29) is 5.54 Å². The first-order valence-corrected chi connectivity index (χ1v) is 4.55. The van der Waals surface area contributed by atoms with Crippen molar-refractivity contribution in [3.8, 4) is 0 Å². The van der Waals surface area contributed by atoms with Crippen LogP contribution in [0.25, 0.3) is 0 Å². The molecule has 62 valence electrons. The van der Waals surface area contributed by atoms with E-state index in [9.17, 15) is 0 Å². The molecule has 1 rings (SSSR count). The number of nitrogens with zero attached hydrogens (tertiary/aromatic N) is 1. The molecule has 0 spiro atoms. The molecule has 0 saturated carbocycles. The molecule has 0 bridgehead atoms. The van der Waals surface area contributed by atoms with Crippen molar-refractivity contribution in [3.05, 3.63) is 22.4 Å². The molecule has 0 unspecified atom stereocenters. The summed E-state index contributed by atoms with van der Waals surface area (Å²) in [6, 6.07) is 2.13. The van der Waals surface area contributed by atoms with Gasteiger partial charge in [-0.2, -0.15) is 0 Å². The lowest BCUT2D eigenvalue weighted by Gasteiger charge is -2.23. The SMILES string of the molecule is Cc1cc(Br)cn1C(C)(C)C. The fourth-order valence-electron chi connectivity index (χ4n) is 1.25. The van der Waals surface area contributed by atoms with Crippen molar-refractivity contribution in [2.24, 2.45) is 0 Å². The van der Waals surface area contributed by atoms with Crippen molar-refractivity contribution in [1.29, 1.82) is 0 Å². The van der Waals surface area contributed by atoms with Crippen LogP contribution in [-0.2, 0) is 5.54 Å². The van der Waals surface area contributed by atoms with Crippen molar-refractivity contribution in [1.82, 2.24) is 4.57 Å². The van der Waals surface area contributed by atoms with Crippen LogP contribution in [0.15, 0.2) is 16.7 Å². The van der Waals surface area contributed by atoms with E-state index in [4.69, 9.17) is 0 Å². The van der Waals surface area contributed by atoms with Crippen LogP contribution in [0.4, 0.5) is 0 Å². The van der Waals surface area contributed by atoms with Crippen LogP contribution in [0, 0.1) is 6.92 Å². The average Bonchev–Trinajstić information content (AvgIpc) is 2.08. The molecule has 1 aromatic heterocycles. The number of halogens is 1. The van der Waals surface area contributed by atoms with Gasteiger partial charge < -0.3 is 4.57 Å². The van der Waals surface area contributed by atoms with Crippen molar-refractivity contribution < 1.29 is 0 Å². The van der Waals surface area contributed by atoms with E-state index in [0.717, 1.165) is 4.47 Å². The summed E-state index contributed by atoms with van der Waals surface area (Å²) >= 11 is 3.45. The maximum atomic E-state index is 3.45. The lowest BCUT2D eigenvalue weighted by atomic mass is 10.1. The summed E-state index contributed by atoms with van der Waals surface area (Å²) in [7, 11) is 0. The van der Waals surface area contributed by atoms with Gasteiger partial charge in [-0.25, -0.2) is 0 Å². The van der Waals surface area contributed by atoms with Gasteiger partial charge in [-0.15, -0.1) is 0 Å². The summed E-state index contributed by atoms with van der Waals surface area (Å²) in [5, 5.41) is 0. The minimum atomic E-state index is 0.191. The molecule has 2 heteroatoms. The van der Waals surface area contributed by atoms with Crippen LogP contribution >= 0.6 is 15.9 Å². The molecule has 1 nitrogen and oxygen atoms in total. The molecule has 0 radical (unpaired) electrons. The molecule has 0 aliphatic heterocycles. The van der Waals surface area contributed by atoms with Gasteiger partial charge in [-0.3, -0.25) is 0 Å². The minimum absolute atomic E-state index is 0.191. The molecular formula is C9H14BrN. The Morgan fingerprint density at radius 1 is 1.36 bits per heavy atom. The Kier molecular flexibility index (Phi) is 2.15. The average molecular weight is 216 g/mol. The van der Waals surface area contributed by atoms with E-state index >= 15 is 0 Å². The Bertz CT molecular complexity index is 255. The predicted octanol–water partition coefficient (Wildman–Crippen LogP) is 3.31. The smallest absolute Gasteiger partial charge is 0.0358 e. The molecule has 1 aromatic rings. The van der Waals surface area contributed by atoms with E-state index in [2.05, 4.69) is 60.5 Å². The molecule has 0 atom stereocenters. The van der Waals surface area contributed by atoms with Crippen molar-refractivity contribution in [2.75, 3.05) is 0 Å². The number of hydrogen-bond donors (Lipinski definition) is 0. The van der Waals surface area contributed by atoms with Gasteiger partial charge in [-0.05, 0) is 49.7 Å². The van der Waals surface area contributed by atoms with Crippen LogP contribution in [0.1, 0.15) is 26.5 Å². The fourth-order valence-corrected chi connectivity index (χ4v) is 1.79. The molecule has 0 fully saturated rings. The minimum Gasteiger partial charge on any atom is -0.345 e. The second-order valence-electron chi connectivity index (χ2n) is 3.84. The van der Waals surface area contributed by atoms with Crippen LogP contribution < -0.4 is 0 Å². The number of aryl methyl sites for hydroxylation is 1. The highest BCUT2D eigenvalue weighted by atomic mass is 79.9. The summed E-state index contributed by atoms with van der Waals surface area (Å²) < 4.78 is 3.42. The summed E-state index contributed by atoms with van der Waals surface area (Å²) in [6.45, 7) is 8.72. The summed E-state index contributed by atoms with van der Waals surface area (Å²) in [4.78, 5) is 0. The van der Waals surface area contributed by atoms with E-state index in [0.29, 0.717) is 0 Å². The van der Waals surface area contributed by atoms with Crippen LogP contribution in [-0.4, -0.2) is 4.57 Å². The molecule has 11 heavy (non-hydrogen) atoms. The maximum absolute atomic E-state index is 3.45. The normalized spacial score (nSPS) is 12.1. The molecule has 0 aromatic carbocycles. The standard InChI is InChI=1S/C9H14BrN/c1-7-5-8(10)6-11(7)9(2,3)4/h5-6H,1-4H3. The second kappa shape index (κ2) is 2.67. The number of aromatic nitrogens is 1. The lowest BCUT2D eigenvalue weighted by molar-refractivity contribution is 0.390. The Hall–Kier alpha value is -0.240. The van der Waals surface area contributed by atoms with Crippen LogP contribution in [0.3, 0.4) is 0 Å². The number of rotatable bonds is 0. The van der Waals surface area contributed by atoms with E-state index in [1.807, 2.05) is 0 Å². The molecule has 0 N–H and O–H groups in total. The first-order chi connectivity index (χ1) is 4.91.